The lowest BCUT2D eigenvalue weighted by molar-refractivity contribution is 0.419. The molecule has 0 amide bonds. The van der Waals surface area contributed by atoms with Crippen molar-refractivity contribution in [3.05, 3.63) is 58.6 Å². The van der Waals surface area contributed by atoms with E-state index in [1.807, 2.05) is 30.3 Å². The van der Waals surface area contributed by atoms with Crippen molar-refractivity contribution in [3.8, 4) is 11.4 Å². The van der Waals surface area contributed by atoms with E-state index < -0.39 is 5.43 Å². The summed E-state index contributed by atoms with van der Waals surface area (Å²) >= 11 is 1.44. The third kappa shape index (κ3) is 3.85. The smallest absolute Gasteiger partial charge is 0.232 e. The lowest BCUT2D eigenvalue weighted by atomic mass is 10.1. The summed E-state index contributed by atoms with van der Waals surface area (Å²) in [4.78, 5) is 13.9. The predicted octanol–water partition coefficient (Wildman–Crippen LogP) is 3.21. The van der Waals surface area contributed by atoms with E-state index >= 15 is 0 Å². The van der Waals surface area contributed by atoms with Crippen LogP contribution in [0.1, 0.15) is 25.0 Å². The molecule has 0 spiro atoms. The van der Waals surface area contributed by atoms with Gasteiger partial charge in [0, 0.05) is 19.2 Å². The van der Waals surface area contributed by atoms with Crippen molar-refractivity contribution in [3.63, 3.8) is 0 Å². The molecule has 0 atom stereocenters. The van der Waals surface area contributed by atoms with E-state index in [4.69, 9.17) is 4.42 Å². The third-order valence-electron chi connectivity index (χ3n) is 4.48. The van der Waals surface area contributed by atoms with Crippen LogP contribution in [0.15, 0.2) is 57.0 Å². The zero-order chi connectivity index (χ0) is 18.6. The molecule has 140 valence electrons. The Balaban J connectivity index is 1.64. The number of piperidine rings is 1. The van der Waals surface area contributed by atoms with Gasteiger partial charge < -0.3 is 14.4 Å². The monoisotopic (exact) mass is 384 g/mol. The molecule has 0 radical (unpaired) electrons. The minimum absolute atomic E-state index is 0.386. The zero-order valence-electron chi connectivity index (χ0n) is 14.7. The summed E-state index contributed by atoms with van der Waals surface area (Å²) in [7, 11) is 0. The Labute approximate surface area is 160 Å². The predicted molar refractivity (Wildman–Crippen MR) is 104 cm³/mol. The number of nitrogens with zero attached hydrogens (tertiary/aromatic N) is 4. The van der Waals surface area contributed by atoms with Crippen LogP contribution in [0.2, 0.25) is 0 Å². The topological polar surface area (TPSA) is 84.4 Å². The van der Waals surface area contributed by atoms with Crippen LogP contribution in [0.4, 0.5) is 5.95 Å². The molecule has 0 saturated carbocycles. The van der Waals surface area contributed by atoms with Gasteiger partial charge in [0.25, 0.3) is 0 Å². The molecule has 0 bridgehead atoms. The fourth-order valence-electron chi connectivity index (χ4n) is 3.11. The Hall–Kier alpha value is -2.74. The van der Waals surface area contributed by atoms with Crippen LogP contribution in [0.3, 0.4) is 0 Å². The van der Waals surface area contributed by atoms with Gasteiger partial charge in [-0.05, 0) is 31.4 Å². The minimum Gasteiger partial charge on any atom is -0.502 e. The maximum atomic E-state index is 11.6. The summed E-state index contributed by atoms with van der Waals surface area (Å²) in [6.45, 7) is 1.95. The number of hydrogen-bond acceptors (Lipinski definition) is 7. The van der Waals surface area contributed by atoms with Gasteiger partial charge in [-0.3, -0.25) is 9.36 Å². The van der Waals surface area contributed by atoms with Crippen LogP contribution >= 0.6 is 11.8 Å². The number of aromatic nitrogens is 3. The molecule has 1 fully saturated rings. The summed E-state index contributed by atoms with van der Waals surface area (Å²) in [5, 5.41) is 18.9. The van der Waals surface area contributed by atoms with Crippen LogP contribution in [0.5, 0.6) is 5.75 Å². The largest absolute Gasteiger partial charge is 0.502 e. The molecule has 1 aliphatic heterocycles. The van der Waals surface area contributed by atoms with Crippen molar-refractivity contribution < 1.29 is 9.52 Å². The Kier molecular flexibility index (Phi) is 5.15. The van der Waals surface area contributed by atoms with E-state index in [9.17, 15) is 9.90 Å². The molecule has 1 N–H and O–H groups in total. The lowest BCUT2D eigenvalue weighted by Crippen LogP contribution is -2.31. The number of para-hydroxylation sites is 1. The summed E-state index contributed by atoms with van der Waals surface area (Å²) in [6.07, 6.45) is 4.63. The average Bonchev–Trinajstić information content (AvgIpc) is 3.14. The number of rotatable bonds is 5. The maximum Gasteiger partial charge on any atom is 0.232 e. The van der Waals surface area contributed by atoms with Gasteiger partial charge in [0.15, 0.2) is 10.9 Å². The molecular weight excluding hydrogens is 364 g/mol. The molecule has 0 aliphatic carbocycles. The van der Waals surface area contributed by atoms with Crippen molar-refractivity contribution in [2.45, 2.75) is 30.2 Å². The highest BCUT2D eigenvalue weighted by atomic mass is 32.2. The second-order valence-corrected chi connectivity index (χ2v) is 7.33. The van der Waals surface area contributed by atoms with Crippen LogP contribution in [0.25, 0.3) is 5.69 Å². The first kappa shape index (κ1) is 17.7. The van der Waals surface area contributed by atoms with Crippen LogP contribution < -0.4 is 10.3 Å². The molecule has 2 aromatic heterocycles. The lowest BCUT2D eigenvalue weighted by Gasteiger charge is -2.27. The molecule has 27 heavy (non-hydrogen) atoms. The second kappa shape index (κ2) is 7.87. The van der Waals surface area contributed by atoms with E-state index in [-0.39, 0.29) is 5.75 Å². The van der Waals surface area contributed by atoms with E-state index in [0.29, 0.717) is 11.5 Å². The quantitative estimate of drug-likeness (QED) is 0.676. The molecule has 7 nitrogen and oxygen atoms in total. The Morgan fingerprint density at radius 1 is 1.11 bits per heavy atom. The summed E-state index contributed by atoms with van der Waals surface area (Å²) < 4.78 is 7.34. The SMILES string of the molecule is O=c1cc(CSc2nnc(N3CCCCC3)n2-c2ccccc2)occ1O. The highest BCUT2D eigenvalue weighted by Gasteiger charge is 2.21. The molecule has 1 aliphatic rings. The van der Waals surface area contributed by atoms with Gasteiger partial charge >= 0.3 is 0 Å². The number of aromatic hydroxyl groups is 1. The standard InChI is InChI=1S/C19H20N4O3S/c24-16-11-15(26-12-17(16)25)13-27-19-21-20-18(22-9-5-2-6-10-22)23(19)14-7-3-1-4-8-14/h1,3-4,7-8,11-12,25H,2,5-6,9-10,13H2. The van der Waals surface area contributed by atoms with Gasteiger partial charge in [0.1, 0.15) is 12.0 Å². The Bertz CT molecular complexity index is 965. The van der Waals surface area contributed by atoms with Crippen LogP contribution in [0, 0.1) is 0 Å². The number of thioether (sulfide) groups is 1. The fourth-order valence-corrected chi connectivity index (χ4v) is 3.95. The van der Waals surface area contributed by atoms with Gasteiger partial charge in [0.2, 0.25) is 11.4 Å². The molecular formula is C19H20N4O3S. The van der Waals surface area contributed by atoms with E-state index in [0.717, 1.165) is 49.0 Å². The first-order valence-electron chi connectivity index (χ1n) is 8.91. The second-order valence-electron chi connectivity index (χ2n) is 6.39. The van der Waals surface area contributed by atoms with Gasteiger partial charge in [-0.15, -0.1) is 10.2 Å². The normalized spacial score (nSPS) is 14.4. The molecule has 1 aromatic carbocycles. The number of hydrogen-bond donors (Lipinski definition) is 1. The van der Waals surface area contributed by atoms with Crippen molar-refractivity contribution in [1.82, 2.24) is 14.8 Å². The van der Waals surface area contributed by atoms with Gasteiger partial charge in [-0.1, -0.05) is 30.0 Å². The summed E-state index contributed by atoms with van der Waals surface area (Å²) in [5.41, 5.74) is 0.549. The summed E-state index contributed by atoms with van der Waals surface area (Å²) in [6, 6.07) is 11.3. The molecule has 8 heteroatoms. The van der Waals surface area contributed by atoms with Crippen molar-refractivity contribution in [2.75, 3.05) is 18.0 Å². The molecule has 3 aromatic rings. The number of anilines is 1. The van der Waals surface area contributed by atoms with Crippen molar-refractivity contribution >= 4 is 17.7 Å². The molecule has 4 rings (SSSR count). The Morgan fingerprint density at radius 3 is 2.63 bits per heavy atom. The third-order valence-corrected chi connectivity index (χ3v) is 5.43. The van der Waals surface area contributed by atoms with Gasteiger partial charge in [-0.2, -0.15) is 0 Å². The summed E-state index contributed by atoms with van der Waals surface area (Å²) in [5.74, 6) is 1.35. The minimum atomic E-state index is -0.449. The van der Waals surface area contributed by atoms with Crippen molar-refractivity contribution in [1.29, 1.82) is 0 Å². The molecule has 0 unspecified atom stereocenters. The van der Waals surface area contributed by atoms with Crippen LogP contribution in [-0.2, 0) is 5.75 Å². The molecule has 1 saturated heterocycles. The van der Waals surface area contributed by atoms with Gasteiger partial charge in [-0.25, -0.2) is 0 Å². The Morgan fingerprint density at radius 2 is 1.89 bits per heavy atom. The first-order valence-corrected chi connectivity index (χ1v) is 9.90. The maximum absolute atomic E-state index is 11.6. The highest BCUT2D eigenvalue weighted by Crippen LogP contribution is 2.29. The molecule has 3 heterocycles. The fraction of sp³-hybridized carbons (Fsp3) is 0.316. The van der Waals surface area contributed by atoms with E-state index in [1.165, 1.54) is 24.2 Å². The zero-order valence-corrected chi connectivity index (χ0v) is 15.6. The first-order chi connectivity index (χ1) is 13.2. The van der Waals surface area contributed by atoms with Crippen molar-refractivity contribution in [2.24, 2.45) is 0 Å². The van der Waals surface area contributed by atoms with Crippen LogP contribution in [-0.4, -0.2) is 33.0 Å². The van der Waals surface area contributed by atoms with E-state index in [2.05, 4.69) is 19.7 Å². The average molecular weight is 384 g/mol. The van der Waals surface area contributed by atoms with Gasteiger partial charge in [0.05, 0.1) is 11.4 Å². The number of benzene rings is 1. The van der Waals surface area contributed by atoms with E-state index in [1.54, 1.807) is 0 Å². The highest BCUT2D eigenvalue weighted by molar-refractivity contribution is 7.98.